The fraction of sp³-hybridized carbons (Fsp3) is 0.538. The fourth-order valence-electron chi connectivity index (χ4n) is 2.45. The van der Waals surface area contributed by atoms with E-state index in [0.29, 0.717) is 6.54 Å². The summed E-state index contributed by atoms with van der Waals surface area (Å²) in [6, 6.07) is 4.01. The predicted molar refractivity (Wildman–Crippen MR) is 71.8 cm³/mol. The minimum Gasteiger partial charge on any atom is -0.493 e. The van der Waals surface area contributed by atoms with Gasteiger partial charge in [0.05, 0.1) is 14.2 Å². The van der Waals surface area contributed by atoms with Crippen molar-refractivity contribution in [2.24, 2.45) is 5.73 Å². The molecule has 0 aromatic heterocycles. The van der Waals surface area contributed by atoms with Gasteiger partial charge < -0.3 is 15.2 Å². The third kappa shape index (κ3) is 2.04. The Labute approximate surface area is 110 Å². The van der Waals surface area contributed by atoms with Crippen molar-refractivity contribution in [3.63, 3.8) is 0 Å². The average Bonchev–Trinajstić information content (AvgIpc) is 2.29. The third-order valence-electron chi connectivity index (χ3n) is 3.75. The summed E-state index contributed by atoms with van der Waals surface area (Å²) >= 11 is 3.61. The molecular weight excluding hydrogens is 282 g/mol. The maximum absolute atomic E-state index is 5.94. The molecular formula is C13H18BrNO2. The summed E-state index contributed by atoms with van der Waals surface area (Å²) in [5.41, 5.74) is 7.30. The molecule has 3 nitrogen and oxygen atoms in total. The topological polar surface area (TPSA) is 44.5 Å². The summed E-state index contributed by atoms with van der Waals surface area (Å²) in [7, 11) is 3.30. The van der Waals surface area contributed by atoms with Gasteiger partial charge in [-0.2, -0.15) is 0 Å². The van der Waals surface area contributed by atoms with Crippen LogP contribution in [0.2, 0.25) is 0 Å². The molecule has 0 heterocycles. The smallest absolute Gasteiger partial charge is 0.161 e. The lowest BCUT2D eigenvalue weighted by atomic mass is 9.64. The highest BCUT2D eigenvalue weighted by Crippen LogP contribution is 2.48. The van der Waals surface area contributed by atoms with Crippen molar-refractivity contribution in [2.75, 3.05) is 20.8 Å². The van der Waals surface area contributed by atoms with Crippen molar-refractivity contribution < 1.29 is 9.47 Å². The van der Waals surface area contributed by atoms with E-state index >= 15 is 0 Å². The Bertz CT molecular complexity index is 411. The largest absolute Gasteiger partial charge is 0.493 e. The molecule has 94 valence electrons. The lowest BCUT2D eigenvalue weighted by molar-refractivity contribution is 0.250. The summed E-state index contributed by atoms with van der Waals surface area (Å²) in [4.78, 5) is 0. The van der Waals surface area contributed by atoms with Gasteiger partial charge in [-0.05, 0) is 30.5 Å². The zero-order valence-corrected chi connectivity index (χ0v) is 11.8. The quantitative estimate of drug-likeness (QED) is 0.930. The van der Waals surface area contributed by atoms with Crippen LogP contribution in [0.15, 0.2) is 16.6 Å². The lowest BCUT2D eigenvalue weighted by Crippen LogP contribution is -2.41. The summed E-state index contributed by atoms with van der Waals surface area (Å²) in [5.74, 6) is 1.51. The van der Waals surface area contributed by atoms with Crippen molar-refractivity contribution in [3.05, 3.63) is 22.2 Å². The van der Waals surface area contributed by atoms with Crippen molar-refractivity contribution in [3.8, 4) is 11.5 Å². The van der Waals surface area contributed by atoms with Crippen molar-refractivity contribution in [2.45, 2.75) is 24.7 Å². The van der Waals surface area contributed by atoms with Gasteiger partial charge in [0.25, 0.3) is 0 Å². The molecule has 0 saturated heterocycles. The van der Waals surface area contributed by atoms with Gasteiger partial charge in [0.2, 0.25) is 0 Å². The van der Waals surface area contributed by atoms with Crippen LogP contribution >= 0.6 is 15.9 Å². The Morgan fingerprint density at radius 1 is 1.24 bits per heavy atom. The van der Waals surface area contributed by atoms with Gasteiger partial charge >= 0.3 is 0 Å². The molecule has 1 aliphatic rings. The average molecular weight is 300 g/mol. The molecule has 0 radical (unpaired) electrons. The highest BCUT2D eigenvalue weighted by Gasteiger charge is 2.39. The zero-order chi connectivity index (χ0) is 12.5. The van der Waals surface area contributed by atoms with E-state index in [1.807, 2.05) is 6.07 Å². The molecule has 0 bridgehead atoms. The Hall–Kier alpha value is -0.740. The first kappa shape index (κ1) is 12.7. The van der Waals surface area contributed by atoms with E-state index in [4.69, 9.17) is 15.2 Å². The van der Waals surface area contributed by atoms with Crippen LogP contribution in [-0.4, -0.2) is 20.8 Å². The van der Waals surface area contributed by atoms with Gasteiger partial charge in [-0.1, -0.05) is 22.4 Å². The third-order valence-corrected chi connectivity index (χ3v) is 4.40. The number of benzene rings is 1. The lowest BCUT2D eigenvalue weighted by Gasteiger charge is -2.42. The first-order valence-electron chi connectivity index (χ1n) is 5.79. The van der Waals surface area contributed by atoms with Crippen LogP contribution in [0.25, 0.3) is 0 Å². The monoisotopic (exact) mass is 299 g/mol. The van der Waals surface area contributed by atoms with Crippen molar-refractivity contribution in [1.82, 2.24) is 0 Å². The van der Waals surface area contributed by atoms with Crippen LogP contribution in [0.4, 0.5) is 0 Å². The van der Waals surface area contributed by atoms with Crippen LogP contribution in [-0.2, 0) is 5.41 Å². The van der Waals surface area contributed by atoms with Gasteiger partial charge in [0.1, 0.15) is 0 Å². The first-order valence-corrected chi connectivity index (χ1v) is 6.58. The van der Waals surface area contributed by atoms with Gasteiger partial charge in [0.15, 0.2) is 11.5 Å². The Morgan fingerprint density at radius 2 is 1.82 bits per heavy atom. The Kier molecular flexibility index (Phi) is 3.64. The molecule has 1 saturated carbocycles. The summed E-state index contributed by atoms with van der Waals surface area (Å²) in [5, 5.41) is 0. The summed E-state index contributed by atoms with van der Waals surface area (Å²) < 4.78 is 11.7. The van der Waals surface area contributed by atoms with Crippen LogP contribution in [0.3, 0.4) is 0 Å². The molecule has 2 rings (SSSR count). The van der Waals surface area contributed by atoms with E-state index < -0.39 is 0 Å². The molecule has 1 aliphatic carbocycles. The molecule has 0 unspecified atom stereocenters. The highest BCUT2D eigenvalue weighted by molar-refractivity contribution is 9.10. The van der Waals surface area contributed by atoms with E-state index in [2.05, 4.69) is 22.0 Å². The highest BCUT2D eigenvalue weighted by atomic mass is 79.9. The second-order valence-electron chi connectivity index (χ2n) is 4.53. The standard InChI is InChI=1S/C13H18BrNO2/c1-16-11-6-9(10(14)7-12(11)17-2)13(8-15)4-3-5-13/h6-7H,3-5,8,15H2,1-2H3. The number of methoxy groups -OCH3 is 2. The number of nitrogens with two attached hydrogens (primary N) is 1. The molecule has 17 heavy (non-hydrogen) atoms. The normalized spacial score (nSPS) is 17.4. The number of ether oxygens (including phenoxy) is 2. The van der Waals surface area contributed by atoms with Gasteiger partial charge in [-0.3, -0.25) is 0 Å². The minimum absolute atomic E-state index is 0.123. The zero-order valence-electron chi connectivity index (χ0n) is 10.3. The number of hydrogen-bond acceptors (Lipinski definition) is 3. The van der Waals surface area contributed by atoms with Crippen molar-refractivity contribution >= 4 is 15.9 Å². The molecule has 0 aliphatic heterocycles. The van der Waals surface area contributed by atoms with Gasteiger partial charge in [-0.15, -0.1) is 0 Å². The van der Waals surface area contributed by atoms with Crippen LogP contribution in [0, 0.1) is 0 Å². The molecule has 0 amide bonds. The van der Waals surface area contributed by atoms with Gasteiger partial charge in [-0.25, -0.2) is 0 Å². The molecule has 0 spiro atoms. The minimum atomic E-state index is 0.123. The molecule has 1 aromatic rings. The van der Waals surface area contributed by atoms with E-state index in [1.165, 1.54) is 12.0 Å². The summed E-state index contributed by atoms with van der Waals surface area (Å²) in [6.45, 7) is 0.682. The Balaban J connectivity index is 2.47. The molecule has 1 aromatic carbocycles. The molecule has 1 fully saturated rings. The SMILES string of the molecule is COc1cc(Br)c(C2(CN)CCC2)cc1OC. The second kappa shape index (κ2) is 4.86. The first-order chi connectivity index (χ1) is 8.16. The maximum Gasteiger partial charge on any atom is 0.161 e. The van der Waals surface area contributed by atoms with E-state index in [1.54, 1.807) is 14.2 Å². The van der Waals surface area contributed by atoms with Gasteiger partial charge in [0, 0.05) is 16.4 Å². The van der Waals surface area contributed by atoms with Crippen molar-refractivity contribution in [1.29, 1.82) is 0 Å². The number of halogens is 1. The molecule has 0 atom stereocenters. The van der Waals surface area contributed by atoms with E-state index in [9.17, 15) is 0 Å². The molecule has 2 N–H and O–H groups in total. The maximum atomic E-state index is 5.94. The molecule has 4 heteroatoms. The summed E-state index contributed by atoms with van der Waals surface area (Å²) in [6.07, 6.45) is 3.55. The van der Waals surface area contributed by atoms with Crippen LogP contribution in [0.5, 0.6) is 11.5 Å². The van der Waals surface area contributed by atoms with E-state index in [-0.39, 0.29) is 5.41 Å². The fourth-order valence-corrected chi connectivity index (χ4v) is 3.19. The number of rotatable bonds is 4. The van der Waals surface area contributed by atoms with Crippen LogP contribution < -0.4 is 15.2 Å². The Morgan fingerprint density at radius 3 is 2.24 bits per heavy atom. The van der Waals surface area contributed by atoms with E-state index in [0.717, 1.165) is 28.8 Å². The second-order valence-corrected chi connectivity index (χ2v) is 5.38. The predicted octanol–water partition coefficient (Wildman–Crippen LogP) is 2.85. The number of hydrogen-bond donors (Lipinski definition) is 1. The van der Waals surface area contributed by atoms with Crippen LogP contribution in [0.1, 0.15) is 24.8 Å².